The van der Waals surface area contributed by atoms with E-state index in [0.717, 1.165) is 23.7 Å². The lowest BCUT2D eigenvalue weighted by Gasteiger charge is -2.12. The minimum Gasteiger partial charge on any atom is -0.495 e. The van der Waals surface area contributed by atoms with Crippen molar-refractivity contribution in [3.63, 3.8) is 0 Å². The van der Waals surface area contributed by atoms with Crippen molar-refractivity contribution in [2.45, 2.75) is 27.3 Å². The van der Waals surface area contributed by atoms with Crippen molar-refractivity contribution in [3.8, 4) is 5.75 Å². The number of ether oxygens (including phenoxy) is 1. The minimum atomic E-state index is 0.755. The molecule has 0 spiro atoms. The van der Waals surface area contributed by atoms with Crippen LogP contribution >= 0.6 is 0 Å². The molecule has 4 nitrogen and oxygen atoms in total. The summed E-state index contributed by atoms with van der Waals surface area (Å²) in [4.78, 5) is 0. The average Bonchev–Trinajstić information content (AvgIpc) is 2.61. The summed E-state index contributed by atoms with van der Waals surface area (Å²) in [6.07, 6.45) is 0. The normalized spacial score (nSPS) is 10.6. The van der Waals surface area contributed by atoms with Gasteiger partial charge in [0, 0.05) is 24.8 Å². The van der Waals surface area contributed by atoms with Gasteiger partial charge >= 0.3 is 0 Å². The summed E-state index contributed by atoms with van der Waals surface area (Å²) < 4.78 is 7.29. The molecule has 1 N–H and O–H groups in total. The second-order valence-electron chi connectivity index (χ2n) is 4.83. The van der Waals surface area contributed by atoms with E-state index in [2.05, 4.69) is 30.3 Å². The van der Waals surface area contributed by atoms with Crippen LogP contribution in [0.4, 0.5) is 5.69 Å². The molecule has 19 heavy (non-hydrogen) atoms. The first-order chi connectivity index (χ1) is 9.02. The number of rotatable bonds is 4. The van der Waals surface area contributed by atoms with Gasteiger partial charge in [-0.2, -0.15) is 5.10 Å². The number of nitrogens with zero attached hydrogens (tertiary/aromatic N) is 2. The van der Waals surface area contributed by atoms with Gasteiger partial charge in [0.15, 0.2) is 0 Å². The van der Waals surface area contributed by atoms with E-state index in [-0.39, 0.29) is 0 Å². The van der Waals surface area contributed by atoms with Gasteiger partial charge in [0.05, 0.1) is 18.5 Å². The Hall–Kier alpha value is -1.97. The van der Waals surface area contributed by atoms with Gasteiger partial charge in [0.1, 0.15) is 5.75 Å². The van der Waals surface area contributed by atoms with Gasteiger partial charge in [0.25, 0.3) is 0 Å². The molecule has 2 aromatic rings. The lowest BCUT2D eigenvalue weighted by Crippen LogP contribution is -2.04. The zero-order valence-electron chi connectivity index (χ0n) is 12.2. The number of anilines is 1. The van der Waals surface area contributed by atoms with Gasteiger partial charge < -0.3 is 10.1 Å². The molecule has 0 amide bonds. The summed E-state index contributed by atoms with van der Waals surface area (Å²) in [6, 6.07) is 6.13. The number of benzene rings is 1. The van der Waals surface area contributed by atoms with E-state index in [1.54, 1.807) is 7.11 Å². The summed E-state index contributed by atoms with van der Waals surface area (Å²) in [7, 11) is 3.66. The van der Waals surface area contributed by atoms with E-state index >= 15 is 0 Å². The average molecular weight is 259 g/mol. The van der Waals surface area contributed by atoms with Crippen LogP contribution in [0.2, 0.25) is 0 Å². The minimum absolute atomic E-state index is 0.755. The Morgan fingerprint density at radius 1 is 1.26 bits per heavy atom. The Balaban J connectivity index is 2.21. The summed E-state index contributed by atoms with van der Waals surface area (Å²) in [6.45, 7) is 6.96. The topological polar surface area (TPSA) is 39.1 Å². The molecule has 1 aromatic carbocycles. The van der Waals surface area contributed by atoms with E-state index in [1.807, 2.05) is 30.8 Å². The van der Waals surface area contributed by atoms with Crippen LogP contribution in [0.25, 0.3) is 0 Å². The Morgan fingerprint density at radius 2 is 2.00 bits per heavy atom. The Morgan fingerprint density at radius 3 is 2.58 bits per heavy atom. The molecule has 1 heterocycles. The number of hydrogen-bond acceptors (Lipinski definition) is 3. The van der Waals surface area contributed by atoms with Crippen molar-refractivity contribution in [2.75, 3.05) is 12.4 Å². The van der Waals surface area contributed by atoms with E-state index in [0.29, 0.717) is 0 Å². The summed E-state index contributed by atoms with van der Waals surface area (Å²) in [5.41, 5.74) is 5.73. The standard InChI is InChI=1S/C15H21N3O/c1-10-6-7-15(19-5)14(8-10)16-9-13-11(2)17-18(4)12(13)3/h6-8,16H,9H2,1-5H3. The van der Waals surface area contributed by atoms with Crippen molar-refractivity contribution >= 4 is 5.69 Å². The molecule has 102 valence electrons. The zero-order valence-corrected chi connectivity index (χ0v) is 12.2. The molecule has 0 saturated heterocycles. The fourth-order valence-corrected chi connectivity index (χ4v) is 2.22. The first-order valence-corrected chi connectivity index (χ1v) is 6.40. The number of methoxy groups -OCH3 is 1. The molecular weight excluding hydrogens is 238 g/mol. The maximum Gasteiger partial charge on any atom is 0.141 e. The first-order valence-electron chi connectivity index (χ1n) is 6.40. The molecule has 0 atom stereocenters. The highest BCUT2D eigenvalue weighted by molar-refractivity contribution is 5.58. The van der Waals surface area contributed by atoms with Crippen molar-refractivity contribution in [3.05, 3.63) is 40.7 Å². The van der Waals surface area contributed by atoms with Crippen molar-refractivity contribution in [2.24, 2.45) is 7.05 Å². The van der Waals surface area contributed by atoms with Crippen LogP contribution < -0.4 is 10.1 Å². The molecule has 0 saturated carbocycles. The second-order valence-corrected chi connectivity index (χ2v) is 4.83. The van der Waals surface area contributed by atoms with Crippen LogP contribution in [0.3, 0.4) is 0 Å². The molecule has 4 heteroatoms. The molecule has 2 rings (SSSR count). The predicted molar refractivity (Wildman–Crippen MR) is 77.7 cm³/mol. The number of nitrogens with one attached hydrogen (secondary N) is 1. The molecule has 1 aromatic heterocycles. The maximum absolute atomic E-state index is 5.37. The first kappa shape index (κ1) is 13.5. The molecule has 0 unspecified atom stereocenters. The van der Waals surface area contributed by atoms with Gasteiger partial charge in [-0.15, -0.1) is 0 Å². The number of aromatic nitrogens is 2. The van der Waals surface area contributed by atoms with Gasteiger partial charge in [-0.3, -0.25) is 4.68 Å². The Kier molecular flexibility index (Phi) is 3.79. The third-order valence-corrected chi connectivity index (χ3v) is 3.47. The van der Waals surface area contributed by atoms with Gasteiger partial charge in [-0.25, -0.2) is 0 Å². The number of hydrogen-bond donors (Lipinski definition) is 1. The SMILES string of the molecule is COc1ccc(C)cc1NCc1c(C)nn(C)c1C. The Bertz CT molecular complexity index is 587. The quantitative estimate of drug-likeness (QED) is 0.917. The summed E-state index contributed by atoms with van der Waals surface area (Å²) in [5.74, 6) is 0.866. The highest BCUT2D eigenvalue weighted by Crippen LogP contribution is 2.26. The van der Waals surface area contributed by atoms with Crippen LogP contribution in [0.5, 0.6) is 5.75 Å². The summed E-state index contributed by atoms with van der Waals surface area (Å²) >= 11 is 0. The lowest BCUT2D eigenvalue weighted by atomic mass is 10.1. The zero-order chi connectivity index (χ0) is 14.0. The third kappa shape index (κ3) is 2.72. The van der Waals surface area contributed by atoms with E-state index in [1.165, 1.54) is 16.8 Å². The highest BCUT2D eigenvalue weighted by Gasteiger charge is 2.10. The molecular formula is C15H21N3O. The smallest absolute Gasteiger partial charge is 0.141 e. The van der Waals surface area contributed by atoms with Gasteiger partial charge in [-0.1, -0.05) is 6.07 Å². The van der Waals surface area contributed by atoms with Gasteiger partial charge in [-0.05, 0) is 38.5 Å². The molecule has 0 radical (unpaired) electrons. The molecule has 0 bridgehead atoms. The molecule has 0 aliphatic carbocycles. The molecule has 0 fully saturated rings. The largest absolute Gasteiger partial charge is 0.495 e. The lowest BCUT2D eigenvalue weighted by molar-refractivity contribution is 0.416. The van der Waals surface area contributed by atoms with Crippen LogP contribution in [-0.4, -0.2) is 16.9 Å². The van der Waals surface area contributed by atoms with E-state index in [4.69, 9.17) is 4.74 Å². The van der Waals surface area contributed by atoms with Crippen LogP contribution in [0.1, 0.15) is 22.5 Å². The maximum atomic E-state index is 5.37. The predicted octanol–water partition coefficient (Wildman–Crippen LogP) is 2.97. The van der Waals surface area contributed by atoms with Crippen LogP contribution in [0, 0.1) is 20.8 Å². The summed E-state index contributed by atoms with van der Waals surface area (Å²) in [5, 5.41) is 7.87. The molecule has 0 aliphatic rings. The monoisotopic (exact) mass is 259 g/mol. The van der Waals surface area contributed by atoms with Crippen LogP contribution in [-0.2, 0) is 13.6 Å². The fraction of sp³-hybridized carbons (Fsp3) is 0.400. The van der Waals surface area contributed by atoms with E-state index < -0.39 is 0 Å². The highest BCUT2D eigenvalue weighted by atomic mass is 16.5. The Labute approximate surface area is 114 Å². The number of aryl methyl sites for hydroxylation is 3. The van der Waals surface area contributed by atoms with E-state index in [9.17, 15) is 0 Å². The van der Waals surface area contributed by atoms with Crippen molar-refractivity contribution in [1.82, 2.24) is 9.78 Å². The van der Waals surface area contributed by atoms with Crippen molar-refractivity contribution in [1.29, 1.82) is 0 Å². The van der Waals surface area contributed by atoms with Gasteiger partial charge in [0.2, 0.25) is 0 Å². The van der Waals surface area contributed by atoms with Crippen LogP contribution in [0.15, 0.2) is 18.2 Å². The third-order valence-electron chi connectivity index (χ3n) is 3.47. The molecule has 0 aliphatic heterocycles. The van der Waals surface area contributed by atoms with Crippen molar-refractivity contribution < 1.29 is 4.74 Å². The fourth-order valence-electron chi connectivity index (χ4n) is 2.22. The second kappa shape index (κ2) is 5.34.